The molecule has 0 aliphatic carbocycles. The van der Waals surface area contributed by atoms with Crippen LogP contribution in [-0.2, 0) is 10.4 Å². The predicted molar refractivity (Wildman–Crippen MR) is 140 cm³/mol. The van der Waals surface area contributed by atoms with Crippen molar-refractivity contribution in [1.82, 2.24) is 10.2 Å². The lowest BCUT2D eigenvalue weighted by atomic mass is 9.90. The minimum atomic E-state index is -5.21. The number of nitrogens with zero attached hydrogens (tertiary/aromatic N) is 2. The maximum atomic E-state index is 14.0. The first-order valence-electron chi connectivity index (χ1n) is 12.4. The number of carbonyl (C=O) groups is 2. The number of benzene rings is 2. The van der Waals surface area contributed by atoms with Gasteiger partial charge in [-0.2, -0.15) is 13.2 Å². The molecule has 1 unspecified atom stereocenters. The number of hydrogen-bond acceptors (Lipinski definition) is 5. The third-order valence-corrected chi connectivity index (χ3v) is 7.38. The van der Waals surface area contributed by atoms with E-state index in [2.05, 4.69) is 10.2 Å². The first kappa shape index (κ1) is 29.6. The van der Waals surface area contributed by atoms with Gasteiger partial charge in [-0.1, -0.05) is 23.7 Å². The van der Waals surface area contributed by atoms with Gasteiger partial charge in [-0.05, 0) is 61.9 Å². The molecule has 0 aromatic heterocycles. The van der Waals surface area contributed by atoms with Gasteiger partial charge in [0, 0.05) is 45.0 Å². The van der Waals surface area contributed by atoms with E-state index in [1.54, 1.807) is 19.2 Å². The van der Waals surface area contributed by atoms with Crippen LogP contribution in [0.5, 0.6) is 5.75 Å². The van der Waals surface area contributed by atoms with Crippen molar-refractivity contribution in [2.45, 2.75) is 37.5 Å². The number of amides is 2. The summed E-state index contributed by atoms with van der Waals surface area (Å²) in [4.78, 5) is 27.9. The lowest BCUT2D eigenvalue weighted by Crippen LogP contribution is -2.55. The van der Waals surface area contributed by atoms with E-state index < -0.39 is 23.2 Å². The van der Waals surface area contributed by atoms with Crippen molar-refractivity contribution in [3.8, 4) is 5.75 Å². The van der Waals surface area contributed by atoms with Crippen LogP contribution in [-0.4, -0.2) is 68.8 Å². The molecule has 0 bridgehead atoms. The maximum absolute atomic E-state index is 14.0. The second kappa shape index (κ2) is 12.3. The van der Waals surface area contributed by atoms with Crippen LogP contribution < -0.4 is 15.0 Å². The fraction of sp³-hybridized carbons (Fsp3) is 0.481. The summed E-state index contributed by atoms with van der Waals surface area (Å²) in [7, 11) is 4.11. The third kappa shape index (κ3) is 6.35. The van der Waals surface area contributed by atoms with Gasteiger partial charge in [0.1, 0.15) is 5.75 Å². The van der Waals surface area contributed by atoms with Crippen LogP contribution in [0.25, 0.3) is 0 Å². The maximum Gasteiger partial charge on any atom is 0.430 e. The van der Waals surface area contributed by atoms with Crippen LogP contribution in [0.1, 0.15) is 41.6 Å². The van der Waals surface area contributed by atoms with E-state index in [0.717, 1.165) is 55.1 Å². The number of carbonyl (C=O) groups excluding carboxylic acids is 2. The Morgan fingerprint density at radius 3 is 2.45 bits per heavy atom. The molecule has 1 aliphatic heterocycles. The number of likely N-dealkylation sites (N-methyl/N-ethyl adjacent to an activating group) is 1. The number of piperidine rings is 1. The highest BCUT2D eigenvalue weighted by molar-refractivity contribution is 6.34. The van der Waals surface area contributed by atoms with E-state index in [4.69, 9.17) is 16.3 Å². The fourth-order valence-corrected chi connectivity index (χ4v) is 5.01. The Morgan fingerprint density at radius 1 is 1.18 bits per heavy atom. The molecule has 2 aromatic carbocycles. The van der Waals surface area contributed by atoms with Crippen molar-refractivity contribution in [3.63, 3.8) is 0 Å². The Hall–Kier alpha value is -2.98. The molecule has 208 valence electrons. The lowest BCUT2D eigenvalue weighted by Gasteiger charge is -2.35. The first-order chi connectivity index (χ1) is 17.9. The van der Waals surface area contributed by atoms with Gasteiger partial charge >= 0.3 is 6.18 Å². The minimum absolute atomic E-state index is 0.0813. The summed E-state index contributed by atoms with van der Waals surface area (Å²) >= 11 is 6.27. The Morgan fingerprint density at radius 2 is 1.87 bits per heavy atom. The molecule has 0 saturated carbocycles. The van der Waals surface area contributed by atoms with Crippen LogP contribution >= 0.6 is 11.6 Å². The fourth-order valence-electron chi connectivity index (χ4n) is 4.75. The second-order valence-electron chi connectivity index (χ2n) is 9.48. The molecule has 1 aliphatic rings. The highest BCUT2D eigenvalue weighted by Gasteiger charge is 2.61. The van der Waals surface area contributed by atoms with Crippen LogP contribution in [0.2, 0.25) is 5.02 Å². The van der Waals surface area contributed by atoms with Gasteiger partial charge < -0.3 is 25.0 Å². The van der Waals surface area contributed by atoms with Gasteiger partial charge in [0.15, 0.2) is 0 Å². The average molecular weight is 556 g/mol. The van der Waals surface area contributed by atoms with Crippen LogP contribution in [0.4, 0.5) is 18.9 Å². The van der Waals surface area contributed by atoms with E-state index in [1.165, 1.54) is 26.3 Å². The topological polar surface area (TPSA) is 82.1 Å². The number of alkyl halides is 3. The molecule has 1 heterocycles. The minimum Gasteiger partial charge on any atom is -0.497 e. The summed E-state index contributed by atoms with van der Waals surface area (Å²) in [6.07, 6.45) is -2.21. The number of anilines is 1. The van der Waals surface area contributed by atoms with E-state index in [0.29, 0.717) is 22.9 Å². The molecule has 1 saturated heterocycles. The number of aliphatic hydroxyl groups is 1. The third-order valence-electron chi connectivity index (χ3n) is 7.06. The van der Waals surface area contributed by atoms with Gasteiger partial charge in [0.25, 0.3) is 17.4 Å². The van der Waals surface area contributed by atoms with E-state index in [-0.39, 0.29) is 18.2 Å². The van der Waals surface area contributed by atoms with Crippen molar-refractivity contribution in [2.75, 3.05) is 45.7 Å². The molecule has 0 radical (unpaired) electrons. The number of methoxy groups -OCH3 is 1. The number of ether oxygens (including phenoxy) is 1. The zero-order chi connectivity index (χ0) is 28.1. The van der Waals surface area contributed by atoms with E-state index in [1.807, 2.05) is 6.07 Å². The monoisotopic (exact) mass is 555 g/mol. The summed E-state index contributed by atoms with van der Waals surface area (Å²) in [5, 5.41) is 13.6. The first-order valence-corrected chi connectivity index (χ1v) is 12.8. The highest BCUT2D eigenvalue weighted by atomic mass is 35.5. The van der Waals surface area contributed by atoms with Crippen LogP contribution in [0.15, 0.2) is 42.5 Å². The normalized spacial score (nSPS) is 16.1. The van der Waals surface area contributed by atoms with Gasteiger partial charge in [0.2, 0.25) is 0 Å². The van der Waals surface area contributed by atoms with Gasteiger partial charge in [0.05, 0.1) is 17.7 Å². The zero-order valence-corrected chi connectivity index (χ0v) is 22.4. The molecule has 2 aromatic rings. The molecular formula is C27H33ClF3N3O4. The van der Waals surface area contributed by atoms with Crippen LogP contribution in [0.3, 0.4) is 0 Å². The highest BCUT2D eigenvalue weighted by Crippen LogP contribution is 2.41. The molecule has 3 rings (SSSR count). The SMILES string of the molecule is CNC(=O)c1ccc(N2CCC(CCCN(C)C(=O)C(O)(c3cccc(OC)c3)C(F)(F)F)CC2)cc1Cl. The molecule has 1 fully saturated rings. The molecule has 7 nitrogen and oxygen atoms in total. The molecule has 11 heteroatoms. The standard InChI is InChI=1S/C27H33ClF3N3O4/c1-32-24(35)22-10-9-20(17-23(22)28)34-14-11-18(12-15-34)6-5-13-33(2)25(36)26(37,27(29,30)31)19-7-4-8-21(16-19)38-3/h4,7-10,16-18,37H,5-6,11-15H2,1-3H3,(H,32,35). The molecule has 2 N–H and O–H groups in total. The number of hydrogen-bond donors (Lipinski definition) is 2. The smallest absolute Gasteiger partial charge is 0.430 e. The number of nitrogens with one attached hydrogen (secondary N) is 1. The van der Waals surface area contributed by atoms with Gasteiger partial charge in [-0.3, -0.25) is 9.59 Å². The predicted octanol–water partition coefficient (Wildman–Crippen LogP) is 4.61. The lowest BCUT2D eigenvalue weighted by molar-refractivity contribution is -0.261. The van der Waals surface area contributed by atoms with Gasteiger partial charge in [-0.25, -0.2) is 0 Å². The van der Waals surface area contributed by atoms with Crippen molar-refractivity contribution in [1.29, 1.82) is 0 Å². The average Bonchev–Trinajstić information content (AvgIpc) is 2.91. The summed E-state index contributed by atoms with van der Waals surface area (Å²) in [5.41, 5.74) is -2.92. The van der Waals surface area contributed by atoms with E-state index >= 15 is 0 Å². The van der Waals surface area contributed by atoms with Gasteiger partial charge in [-0.15, -0.1) is 0 Å². The quantitative estimate of drug-likeness (QED) is 0.472. The Kier molecular flexibility index (Phi) is 9.54. The summed E-state index contributed by atoms with van der Waals surface area (Å²) in [5.74, 6) is -1.21. The second-order valence-corrected chi connectivity index (χ2v) is 9.89. The van der Waals surface area contributed by atoms with Crippen LogP contribution in [0, 0.1) is 5.92 Å². The zero-order valence-electron chi connectivity index (χ0n) is 21.6. The molecular weight excluding hydrogens is 523 g/mol. The van der Waals surface area contributed by atoms with Crippen molar-refractivity contribution < 1.29 is 32.6 Å². The van der Waals surface area contributed by atoms with Crippen molar-refractivity contribution >= 4 is 29.1 Å². The largest absolute Gasteiger partial charge is 0.497 e. The molecule has 1 atom stereocenters. The summed E-state index contributed by atoms with van der Waals surface area (Å²) < 4.78 is 46.8. The molecule has 2 amide bonds. The summed E-state index contributed by atoms with van der Waals surface area (Å²) in [6, 6.07) is 10.2. The Bertz CT molecular complexity index is 1140. The Labute approximate surface area is 225 Å². The Balaban J connectivity index is 1.55. The van der Waals surface area contributed by atoms with E-state index in [9.17, 15) is 27.9 Å². The number of halogens is 4. The summed E-state index contributed by atoms with van der Waals surface area (Å²) in [6.45, 7) is 1.63. The van der Waals surface area contributed by atoms with Crippen molar-refractivity contribution in [2.24, 2.45) is 5.92 Å². The molecule has 0 spiro atoms. The molecule has 38 heavy (non-hydrogen) atoms. The number of rotatable bonds is 9. The van der Waals surface area contributed by atoms with Crippen molar-refractivity contribution in [3.05, 3.63) is 58.6 Å².